The van der Waals surface area contributed by atoms with E-state index in [1.165, 1.54) is 13.0 Å². The molecule has 1 N–H and O–H groups in total. The Labute approximate surface area is 171 Å². The molecule has 0 aliphatic rings. The summed E-state index contributed by atoms with van der Waals surface area (Å²) < 4.78 is 31.1. The van der Waals surface area contributed by atoms with Gasteiger partial charge in [-0.15, -0.1) is 0 Å². The first kappa shape index (κ1) is 22.4. The van der Waals surface area contributed by atoms with Gasteiger partial charge in [-0.05, 0) is 63.1 Å². The van der Waals surface area contributed by atoms with Gasteiger partial charge >= 0.3 is 5.97 Å². The topological polar surface area (TPSA) is 92.8 Å². The van der Waals surface area contributed by atoms with Crippen LogP contribution in [0.2, 0.25) is 0 Å². The average Bonchev–Trinajstić information content (AvgIpc) is 2.64. The summed E-state index contributed by atoms with van der Waals surface area (Å²) in [5.74, 6) is -1.01. The molecule has 7 nitrogen and oxygen atoms in total. The van der Waals surface area contributed by atoms with Crippen LogP contribution in [0.4, 0.5) is 11.4 Å². The van der Waals surface area contributed by atoms with E-state index in [2.05, 4.69) is 5.32 Å². The van der Waals surface area contributed by atoms with Crippen molar-refractivity contribution in [3.8, 4) is 0 Å². The second kappa shape index (κ2) is 9.09. The molecule has 0 saturated heterocycles. The highest BCUT2D eigenvalue weighted by Gasteiger charge is 2.30. The molecule has 1 amide bonds. The van der Waals surface area contributed by atoms with Gasteiger partial charge < -0.3 is 10.1 Å². The van der Waals surface area contributed by atoms with E-state index in [9.17, 15) is 18.0 Å². The highest BCUT2D eigenvalue weighted by atomic mass is 32.2. The fraction of sp³-hybridized carbons (Fsp3) is 0.333. The van der Waals surface area contributed by atoms with Crippen LogP contribution in [0.1, 0.15) is 35.3 Å². The van der Waals surface area contributed by atoms with Crippen molar-refractivity contribution in [1.29, 1.82) is 0 Å². The van der Waals surface area contributed by atoms with Crippen LogP contribution in [0.3, 0.4) is 0 Å². The molecule has 2 aromatic rings. The van der Waals surface area contributed by atoms with Gasteiger partial charge in [0, 0.05) is 5.69 Å². The molecule has 2 rings (SSSR count). The first-order valence-corrected chi connectivity index (χ1v) is 11.0. The predicted molar refractivity (Wildman–Crippen MR) is 114 cm³/mol. The minimum Gasteiger partial charge on any atom is -0.462 e. The number of carbonyl (C=O) groups is 2. The van der Waals surface area contributed by atoms with Gasteiger partial charge in [0.05, 0.1) is 24.1 Å². The Bertz CT molecular complexity index is 1020. The van der Waals surface area contributed by atoms with Gasteiger partial charge in [0.1, 0.15) is 6.04 Å². The highest BCUT2D eigenvalue weighted by molar-refractivity contribution is 7.92. The minimum atomic E-state index is -3.72. The number of amides is 1. The van der Waals surface area contributed by atoms with Crippen LogP contribution in [0.25, 0.3) is 0 Å². The molecule has 0 radical (unpaired) electrons. The van der Waals surface area contributed by atoms with E-state index < -0.39 is 27.9 Å². The van der Waals surface area contributed by atoms with Crippen molar-refractivity contribution in [2.45, 2.75) is 33.7 Å². The average molecular weight is 419 g/mol. The molecule has 0 unspecified atom stereocenters. The third-order valence-corrected chi connectivity index (χ3v) is 5.56. The van der Waals surface area contributed by atoms with E-state index in [4.69, 9.17) is 4.74 Å². The van der Waals surface area contributed by atoms with Crippen molar-refractivity contribution in [3.05, 3.63) is 59.2 Å². The predicted octanol–water partition coefficient (Wildman–Crippen LogP) is 3.27. The number of sulfonamides is 1. The molecule has 29 heavy (non-hydrogen) atoms. The first-order chi connectivity index (χ1) is 13.5. The number of hydrogen-bond acceptors (Lipinski definition) is 5. The molecule has 0 saturated carbocycles. The van der Waals surface area contributed by atoms with Crippen molar-refractivity contribution < 1.29 is 22.7 Å². The fourth-order valence-electron chi connectivity index (χ4n) is 2.92. The van der Waals surface area contributed by atoms with E-state index in [0.29, 0.717) is 16.9 Å². The van der Waals surface area contributed by atoms with Crippen molar-refractivity contribution in [3.63, 3.8) is 0 Å². The minimum absolute atomic E-state index is 0.242. The van der Waals surface area contributed by atoms with E-state index >= 15 is 0 Å². The van der Waals surface area contributed by atoms with Gasteiger partial charge in [-0.2, -0.15) is 0 Å². The number of anilines is 2. The van der Waals surface area contributed by atoms with Crippen LogP contribution >= 0.6 is 0 Å². The number of esters is 1. The zero-order chi connectivity index (χ0) is 21.8. The Hall–Kier alpha value is -2.87. The van der Waals surface area contributed by atoms with Crippen molar-refractivity contribution >= 4 is 33.3 Å². The van der Waals surface area contributed by atoms with Gasteiger partial charge in [0.15, 0.2) is 0 Å². The summed E-state index contributed by atoms with van der Waals surface area (Å²) in [4.78, 5) is 24.7. The number of rotatable bonds is 7. The molecule has 0 aliphatic heterocycles. The standard InChI is InChI=1S/C21H26N2O5S/c1-6-28-21(25)17-8-7-9-18(13-17)22-20(24)16(4)23(29(5,26)27)19-12-14(2)10-11-15(19)3/h7-13,16H,6H2,1-5H3,(H,22,24)/t16-/m0/s1. The summed E-state index contributed by atoms with van der Waals surface area (Å²) in [5, 5.41) is 2.68. The maximum Gasteiger partial charge on any atom is 0.338 e. The third-order valence-electron chi connectivity index (χ3n) is 4.33. The summed E-state index contributed by atoms with van der Waals surface area (Å²) in [7, 11) is -3.72. The molecule has 0 fully saturated rings. The zero-order valence-corrected chi connectivity index (χ0v) is 18.0. The summed E-state index contributed by atoms with van der Waals surface area (Å²) in [5.41, 5.74) is 2.75. The summed E-state index contributed by atoms with van der Waals surface area (Å²) >= 11 is 0. The van der Waals surface area contributed by atoms with Crippen molar-refractivity contribution in [2.24, 2.45) is 0 Å². The van der Waals surface area contributed by atoms with E-state index in [1.807, 2.05) is 19.1 Å². The molecular weight excluding hydrogens is 392 g/mol. The molecule has 8 heteroatoms. The number of aryl methyl sites for hydroxylation is 2. The Morgan fingerprint density at radius 3 is 2.45 bits per heavy atom. The number of carbonyl (C=O) groups excluding carboxylic acids is 2. The molecule has 0 heterocycles. The normalized spacial score (nSPS) is 12.2. The number of benzene rings is 2. The summed E-state index contributed by atoms with van der Waals surface area (Å²) in [6, 6.07) is 10.7. The molecule has 156 valence electrons. The monoisotopic (exact) mass is 418 g/mol. The molecule has 0 spiro atoms. The SMILES string of the molecule is CCOC(=O)c1cccc(NC(=O)[C@H](C)N(c2cc(C)ccc2C)S(C)(=O)=O)c1. The quantitative estimate of drug-likeness (QED) is 0.697. The molecule has 0 aliphatic carbocycles. The lowest BCUT2D eigenvalue weighted by atomic mass is 10.1. The molecule has 0 aromatic heterocycles. The van der Waals surface area contributed by atoms with Gasteiger partial charge in [-0.3, -0.25) is 9.10 Å². The number of nitrogens with one attached hydrogen (secondary N) is 1. The van der Waals surface area contributed by atoms with Crippen molar-refractivity contribution in [2.75, 3.05) is 22.5 Å². The summed E-state index contributed by atoms with van der Waals surface area (Å²) in [6.45, 7) is 7.12. The number of hydrogen-bond donors (Lipinski definition) is 1. The van der Waals surface area contributed by atoms with Gasteiger partial charge in [0.2, 0.25) is 15.9 Å². The number of nitrogens with zero attached hydrogens (tertiary/aromatic N) is 1. The maximum absolute atomic E-state index is 12.8. The van der Waals surface area contributed by atoms with Gasteiger partial charge in [-0.1, -0.05) is 18.2 Å². The Morgan fingerprint density at radius 1 is 1.14 bits per heavy atom. The highest BCUT2D eigenvalue weighted by Crippen LogP contribution is 2.26. The molecule has 2 aromatic carbocycles. The van der Waals surface area contributed by atoms with Crippen LogP contribution in [0.15, 0.2) is 42.5 Å². The molecule has 1 atom stereocenters. The Balaban J connectivity index is 2.32. The van der Waals surface area contributed by atoms with Gasteiger partial charge in [0.25, 0.3) is 0 Å². The van der Waals surface area contributed by atoms with Crippen LogP contribution in [0, 0.1) is 13.8 Å². The lowest BCUT2D eigenvalue weighted by Gasteiger charge is -2.29. The van der Waals surface area contributed by atoms with Crippen LogP contribution < -0.4 is 9.62 Å². The van der Waals surface area contributed by atoms with E-state index in [1.54, 1.807) is 38.1 Å². The number of ether oxygens (including phenoxy) is 1. The third kappa shape index (κ3) is 5.57. The Morgan fingerprint density at radius 2 is 1.83 bits per heavy atom. The molecular formula is C21H26N2O5S. The van der Waals surface area contributed by atoms with E-state index in [0.717, 1.165) is 21.7 Å². The fourth-order valence-corrected chi connectivity index (χ4v) is 4.15. The van der Waals surface area contributed by atoms with E-state index in [-0.39, 0.29) is 6.61 Å². The lowest BCUT2D eigenvalue weighted by Crippen LogP contribution is -2.45. The lowest BCUT2D eigenvalue weighted by molar-refractivity contribution is -0.116. The zero-order valence-electron chi connectivity index (χ0n) is 17.2. The largest absolute Gasteiger partial charge is 0.462 e. The maximum atomic E-state index is 12.8. The molecule has 0 bridgehead atoms. The van der Waals surface area contributed by atoms with Crippen molar-refractivity contribution in [1.82, 2.24) is 0 Å². The second-order valence-corrected chi connectivity index (χ2v) is 8.67. The Kier molecular flexibility index (Phi) is 7.02. The second-order valence-electron chi connectivity index (χ2n) is 6.82. The van der Waals surface area contributed by atoms with Crippen LogP contribution in [-0.4, -0.2) is 39.2 Å². The smallest absolute Gasteiger partial charge is 0.338 e. The van der Waals surface area contributed by atoms with Crippen LogP contribution in [0.5, 0.6) is 0 Å². The van der Waals surface area contributed by atoms with Crippen LogP contribution in [-0.2, 0) is 19.6 Å². The first-order valence-electron chi connectivity index (χ1n) is 9.19. The summed E-state index contributed by atoms with van der Waals surface area (Å²) in [6.07, 6.45) is 1.07. The van der Waals surface area contributed by atoms with Gasteiger partial charge in [-0.25, -0.2) is 13.2 Å².